The molecular weight excluding hydrogens is 336 g/mol. The average molecular weight is 368 g/mol. The van der Waals surface area contributed by atoms with E-state index in [1.165, 1.54) is 6.92 Å². The number of carbonyl (C=O) groups is 2. The van der Waals surface area contributed by atoms with Crippen LogP contribution in [0.2, 0.25) is 0 Å². The average Bonchev–Trinajstić information content (AvgIpc) is 2.81. The maximum absolute atomic E-state index is 12.3. The summed E-state index contributed by atoms with van der Waals surface area (Å²) >= 11 is 0. The molecule has 7 atom stereocenters. The van der Waals surface area contributed by atoms with Gasteiger partial charge in [0.15, 0.2) is 0 Å². The molecule has 2 saturated heterocycles. The van der Waals surface area contributed by atoms with E-state index < -0.39 is 5.60 Å². The Balaban J connectivity index is 1.97. The highest BCUT2D eigenvalue weighted by Gasteiger charge is 2.62. The smallest absolute Gasteiger partial charge is 0.308 e. The largest absolute Gasteiger partial charge is 0.460 e. The number of hydrogen-bond acceptors (Lipinski definition) is 6. The topological polar surface area (TPSA) is 82.1 Å². The molecule has 2 bridgehead atoms. The highest BCUT2D eigenvalue weighted by molar-refractivity contribution is 5.71. The zero-order valence-corrected chi connectivity index (χ0v) is 16.3. The van der Waals surface area contributed by atoms with Crippen LogP contribution in [0.15, 0.2) is 0 Å². The van der Waals surface area contributed by atoms with Gasteiger partial charge in [0.25, 0.3) is 0 Å². The molecule has 1 saturated carbocycles. The van der Waals surface area contributed by atoms with Gasteiger partial charge < -0.3 is 19.3 Å². The maximum atomic E-state index is 12.3. The normalized spacial score (nSPS) is 42.2. The summed E-state index contributed by atoms with van der Waals surface area (Å²) in [5.41, 5.74) is -0.611. The van der Waals surface area contributed by atoms with Crippen molar-refractivity contribution in [1.82, 2.24) is 0 Å². The first-order chi connectivity index (χ1) is 12.3. The number of hydrogen-bond donors (Lipinski definition) is 1. The molecule has 6 heteroatoms. The Labute approximate surface area is 155 Å². The molecule has 0 amide bonds. The molecule has 0 unspecified atom stereocenters. The zero-order valence-electron chi connectivity index (χ0n) is 16.3. The number of cyclic esters (lactones) is 1. The van der Waals surface area contributed by atoms with Gasteiger partial charge in [0.2, 0.25) is 0 Å². The minimum atomic E-state index is -0.611. The highest BCUT2D eigenvalue weighted by Crippen LogP contribution is 2.56. The minimum absolute atomic E-state index is 0.00188. The lowest BCUT2D eigenvalue weighted by Gasteiger charge is -2.49. The van der Waals surface area contributed by atoms with Gasteiger partial charge in [-0.05, 0) is 44.4 Å². The zero-order chi connectivity index (χ0) is 19.1. The van der Waals surface area contributed by atoms with E-state index in [1.54, 1.807) is 0 Å². The van der Waals surface area contributed by atoms with Gasteiger partial charge in [0, 0.05) is 25.4 Å². The predicted molar refractivity (Wildman–Crippen MR) is 94.2 cm³/mol. The van der Waals surface area contributed by atoms with Crippen LogP contribution < -0.4 is 0 Å². The number of fused-ring (bicyclic) bond motifs is 5. The van der Waals surface area contributed by atoms with Crippen molar-refractivity contribution >= 4 is 11.9 Å². The van der Waals surface area contributed by atoms with Gasteiger partial charge in [0.05, 0.1) is 18.6 Å². The fourth-order valence-corrected chi connectivity index (χ4v) is 5.65. The van der Waals surface area contributed by atoms with Gasteiger partial charge in [-0.1, -0.05) is 13.8 Å². The molecule has 148 valence electrons. The first-order valence-electron chi connectivity index (χ1n) is 9.92. The molecule has 1 N–H and O–H groups in total. The standard InChI is InChI=1S/C20H32O6/c1-11(2)13-7-8-20(4,26-12(3)22)18-15-10-16(23)24-14(6-5-9-21)19(25-15)17(13)18/h11,13-15,17-19,21H,5-10H2,1-4H3/t13-,14+,15-,17-,18-,19+,20-/m1/s1. The van der Waals surface area contributed by atoms with Crippen LogP contribution >= 0.6 is 0 Å². The Morgan fingerprint density at radius 1 is 1.42 bits per heavy atom. The highest BCUT2D eigenvalue weighted by atomic mass is 16.6. The summed E-state index contributed by atoms with van der Waals surface area (Å²) in [6.45, 7) is 7.96. The quantitative estimate of drug-likeness (QED) is 0.751. The van der Waals surface area contributed by atoms with Gasteiger partial charge in [-0.25, -0.2) is 0 Å². The SMILES string of the molecule is CC(=O)O[C@]1(C)CC[C@H](C(C)C)[C@H]2[C@H]3O[C@H](CC(=O)O[C@H]3CCCO)[C@H]21. The Bertz CT molecular complexity index is 546. The van der Waals surface area contributed by atoms with Crippen molar-refractivity contribution < 1.29 is 28.9 Å². The number of rotatable bonds is 5. The predicted octanol–water partition coefficient (Wildman–Crippen LogP) is 2.46. The van der Waals surface area contributed by atoms with Crippen LogP contribution in [-0.4, -0.2) is 47.6 Å². The molecule has 0 aromatic rings. The third kappa shape index (κ3) is 3.50. The summed E-state index contributed by atoms with van der Waals surface area (Å²) in [6, 6.07) is 0. The summed E-state index contributed by atoms with van der Waals surface area (Å²) in [6.07, 6.45) is 2.33. The van der Waals surface area contributed by atoms with E-state index in [0.29, 0.717) is 24.7 Å². The summed E-state index contributed by atoms with van der Waals surface area (Å²) in [5.74, 6) is 0.565. The van der Waals surface area contributed by atoms with Crippen LogP contribution in [0.1, 0.15) is 59.8 Å². The van der Waals surface area contributed by atoms with Crippen molar-refractivity contribution in [3.63, 3.8) is 0 Å². The van der Waals surface area contributed by atoms with E-state index in [-0.39, 0.29) is 55.1 Å². The third-order valence-electron chi connectivity index (χ3n) is 6.60. The van der Waals surface area contributed by atoms with Crippen LogP contribution in [-0.2, 0) is 23.8 Å². The van der Waals surface area contributed by atoms with Crippen molar-refractivity contribution in [3.8, 4) is 0 Å². The maximum Gasteiger partial charge on any atom is 0.308 e. The van der Waals surface area contributed by atoms with Crippen molar-refractivity contribution in [2.75, 3.05) is 6.61 Å². The lowest BCUT2D eigenvalue weighted by Crippen LogP contribution is -2.55. The molecule has 2 heterocycles. The molecule has 3 fully saturated rings. The molecule has 1 aliphatic carbocycles. The molecule has 2 aliphatic heterocycles. The van der Waals surface area contributed by atoms with Crippen molar-refractivity contribution in [1.29, 1.82) is 0 Å². The molecule has 0 aromatic heterocycles. The van der Waals surface area contributed by atoms with Crippen molar-refractivity contribution in [3.05, 3.63) is 0 Å². The monoisotopic (exact) mass is 368 g/mol. The molecule has 26 heavy (non-hydrogen) atoms. The molecule has 3 rings (SSSR count). The van der Waals surface area contributed by atoms with Gasteiger partial charge in [-0.3, -0.25) is 9.59 Å². The second kappa shape index (κ2) is 7.47. The summed E-state index contributed by atoms with van der Waals surface area (Å²) in [7, 11) is 0. The van der Waals surface area contributed by atoms with Gasteiger partial charge >= 0.3 is 11.9 Å². The number of ether oxygens (including phenoxy) is 3. The molecule has 0 radical (unpaired) electrons. The van der Waals surface area contributed by atoms with E-state index in [9.17, 15) is 14.7 Å². The van der Waals surface area contributed by atoms with Crippen LogP contribution in [0.25, 0.3) is 0 Å². The first kappa shape index (κ1) is 19.6. The first-order valence-corrected chi connectivity index (χ1v) is 9.92. The van der Waals surface area contributed by atoms with Crippen LogP contribution in [0.3, 0.4) is 0 Å². The summed E-state index contributed by atoms with van der Waals surface area (Å²) < 4.78 is 17.9. The minimum Gasteiger partial charge on any atom is -0.460 e. The molecule has 0 aromatic carbocycles. The second-order valence-corrected chi connectivity index (χ2v) is 8.69. The van der Waals surface area contributed by atoms with E-state index >= 15 is 0 Å². The van der Waals surface area contributed by atoms with E-state index in [4.69, 9.17) is 14.2 Å². The van der Waals surface area contributed by atoms with Gasteiger partial charge in [-0.15, -0.1) is 0 Å². The van der Waals surface area contributed by atoms with Crippen LogP contribution in [0.4, 0.5) is 0 Å². The fourth-order valence-electron chi connectivity index (χ4n) is 5.65. The lowest BCUT2D eigenvalue weighted by molar-refractivity contribution is -0.177. The van der Waals surface area contributed by atoms with Crippen LogP contribution in [0.5, 0.6) is 0 Å². The fraction of sp³-hybridized carbons (Fsp3) is 0.900. The lowest BCUT2D eigenvalue weighted by atomic mass is 9.59. The van der Waals surface area contributed by atoms with Crippen molar-refractivity contribution in [2.24, 2.45) is 23.7 Å². The number of carbonyl (C=O) groups excluding carboxylic acids is 2. The van der Waals surface area contributed by atoms with Gasteiger partial charge in [0.1, 0.15) is 11.7 Å². The summed E-state index contributed by atoms with van der Waals surface area (Å²) in [4.78, 5) is 24.1. The molecule has 6 nitrogen and oxygen atoms in total. The van der Waals surface area contributed by atoms with Crippen LogP contribution in [0, 0.1) is 23.7 Å². The Hall–Kier alpha value is -1.14. The number of esters is 2. The third-order valence-corrected chi connectivity index (χ3v) is 6.60. The van der Waals surface area contributed by atoms with E-state index in [1.807, 2.05) is 6.92 Å². The molecule has 3 aliphatic rings. The summed E-state index contributed by atoms with van der Waals surface area (Å²) in [5, 5.41) is 9.22. The Morgan fingerprint density at radius 3 is 2.77 bits per heavy atom. The molecule has 0 spiro atoms. The Morgan fingerprint density at radius 2 is 2.15 bits per heavy atom. The van der Waals surface area contributed by atoms with E-state index in [0.717, 1.165) is 12.8 Å². The Kier molecular flexibility index (Phi) is 5.63. The number of aliphatic hydroxyl groups excluding tert-OH is 1. The van der Waals surface area contributed by atoms with E-state index in [2.05, 4.69) is 13.8 Å². The molecular formula is C20H32O6. The number of aliphatic hydroxyl groups is 1. The van der Waals surface area contributed by atoms with Crippen molar-refractivity contribution in [2.45, 2.75) is 83.7 Å². The second-order valence-electron chi connectivity index (χ2n) is 8.69. The van der Waals surface area contributed by atoms with Gasteiger partial charge in [-0.2, -0.15) is 0 Å².